The van der Waals surface area contributed by atoms with Crippen LogP contribution in [-0.2, 0) is 14.3 Å². The number of aliphatic carboxylic acids is 1. The van der Waals surface area contributed by atoms with Crippen molar-refractivity contribution in [1.82, 2.24) is 4.90 Å². The molecule has 0 saturated carbocycles. The van der Waals surface area contributed by atoms with Crippen LogP contribution in [0.15, 0.2) is 4.99 Å². The van der Waals surface area contributed by atoms with E-state index in [2.05, 4.69) is 9.73 Å². The fraction of sp³-hybridized carbons (Fsp3) is 0.700. The summed E-state index contributed by atoms with van der Waals surface area (Å²) >= 11 is 0. The maximum atomic E-state index is 11.7. The van der Waals surface area contributed by atoms with E-state index in [4.69, 9.17) is 0 Å². The molecular formula is C10H14N2O4. The lowest BCUT2D eigenvalue weighted by molar-refractivity contribution is -0.162. The Labute approximate surface area is 92.9 Å². The van der Waals surface area contributed by atoms with E-state index >= 15 is 0 Å². The number of carboxylic acids is 1. The van der Waals surface area contributed by atoms with Gasteiger partial charge in [-0.2, -0.15) is 0 Å². The standard InChI is InChI=1S/C10H14N2O4/c1-16-9(15)10(8(13)14)7-3-2-5-12(7)6-4-11-10/h4,7H,2-3,5-6H2,1H3,(H,13,14). The van der Waals surface area contributed by atoms with Crippen LogP contribution in [0.25, 0.3) is 0 Å². The second-order valence-electron chi connectivity index (χ2n) is 4.03. The molecule has 2 aliphatic rings. The molecule has 1 saturated heterocycles. The number of hydrogen-bond donors (Lipinski definition) is 1. The molecule has 6 nitrogen and oxygen atoms in total. The molecule has 6 heteroatoms. The topological polar surface area (TPSA) is 79.2 Å². The van der Waals surface area contributed by atoms with Crippen LogP contribution in [0.5, 0.6) is 0 Å². The van der Waals surface area contributed by atoms with Gasteiger partial charge < -0.3 is 9.84 Å². The summed E-state index contributed by atoms with van der Waals surface area (Å²) < 4.78 is 4.60. The van der Waals surface area contributed by atoms with Crippen molar-refractivity contribution in [3.05, 3.63) is 0 Å². The van der Waals surface area contributed by atoms with Gasteiger partial charge in [0, 0.05) is 12.8 Å². The van der Waals surface area contributed by atoms with Crippen LogP contribution in [0.3, 0.4) is 0 Å². The lowest BCUT2D eigenvalue weighted by Gasteiger charge is -2.37. The van der Waals surface area contributed by atoms with E-state index < -0.39 is 17.5 Å². The molecule has 2 aliphatic heterocycles. The van der Waals surface area contributed by atoms with Crippen molar-refractivity contribution in [2.75, 3.05) is 20.2 Å². The molecule has 2 unspecified atom stereocenters. The average Bonchev–Trinajstić information content (AvgIpc) is 2.75. The highest BCUT2D eigenvalue weighted by Gasteiger charge is 2.58. The zero-order chi connectivity index (χ0) is 11.8. The Kier molecular flexibility index (Phi) is 2.67. The molecule has 0 aromatic carbocycles. The van der Waals surface area contributed by atoms with Gasteiger partial charge in [-0.15, -0.1) is 0 Å². The van der Waals surface area contributed by atoms with Gasteiger partial charge in [-0.1, -0.05) is 0 Å². The van der Waals surface area contributed by atoms with Crippen molar-refractivity contribution in [3.8, 4) is 0 Å². The van der Waals surface area contributed by atoms with Crippen molar-refractivity contribution in [2.45, 2.75) is 24.4 Å². The van der Waals surface area contributed by atoms with Gasteiger partial charge in [0.1, 0.15) is 0 Å². The first kappa shape index (κ1) is 11.1. The third kappa shape index (κ3) is 1.33. The molecular weight excluding hydrogens is 212 g/mol. The van der Waals surface area contributed by atoms with Crippen LogP contribution in [0.2, 0.25) is 0 Å². The molecule has 2 atom stereocenters. The van der Waals surface area contributed by atoms with Gasteiger partial charge in [0.2, 0.25) is 0 Å². The molecule has 0 aliphatic carbocycles. The normalized spacial score (nSPS) is 33.4. The van der Waals surface area contributed by atoms with E-state index in [9.17, 15) is 14.7 Å². The predicted molar refractivity (Wildman–Crippen MR) is 55.5 cm³/mol. The van der Waals surface area contributed by atoms with Gasteiger partial charge in [0.05, 0.1) is 13.2 Å². The lowest BCUT2D eigenvalue weighted by Crippen LogP contribution is -2.61. The molecule has 1 fully saturated rings. The summed E-state index contributed by atoms with van der Waals surface area (Å²) in [7, 11) is 1.19. The van der Waals surface area contributed by atoms with Crippen LogP contribution in [-0.4, -0.2) is 59.9 Å². The second kappa shape index (κ2) is 3.86. The fourth-order valence-corrected chi connectivity index (χ4v) is 2.52. The van der Waals surface area contributed by atoms with Gasteiger partial charge in [0.15, 0.2) is 0 Å². The third-order valence-electron chi connectivity index (χ3n) is 3.28. The van der Waals surface area contributed by atoms with Crippen molar-refractivity contribution in [2.24, 2.45) is 4.99 Å². The number of rotatable bonds is 2. The molecule has 0 spiro atoms. The average molecular weight is 226 g/mol. The molecule has 0 aromatic heterocycles. The van der Waals surface area contributed by atoms with Crippen LogP contribution in [0, 0.1) is 0 Å². The summed E-state index contributed by atoms with van der Waals surface area (Å²) in [4.78, 5) is 29.0. The first-order chi connectivity index (χ1) is 7.63. The van der Waals surface area contributed by atoms with Gasteiger partial charge >= 0.3 is 11.9 Å². The summed E-state index contributed by atoms with van der Waals surface area (Å²) in [5.74, 6) is -2.01. The lowest BCUT2D eigenvalue weighted by atomic mass is 9.87. The van der Waals surface area contributed by atoms with Crippen LogP contribution in [0.1, 0.15) is 12.8 Å². The zero-order valence-corrected chi connectivity index (χ0v) is 9.05. The fourth-order valence-electron chi connectivity index (χ4n) is 2.52. The summed E-state index contributed by atoms with van der Waals surface area (Å²) in [5, 5.41) is 9.30. The Morgan fingerprint density at radius 3 is 3.00 bits per heavy atom. The molecule has 0 radical (unpaired) electrons. The predicted octanol–water partition coefficient (Wildman–Crippen LogP) is -0.468. The smallest absolute Gasteiger partial charge is 0.347 e. The number of carbonyl (C=O) groups excluding carboxylic acids is 1. The number of carboxylic acid groups (broad SMARTS) is 1. The maximum Gasteiger partial charge on any atom is 0.347 e. The van der Waals surface area contributed by atoms with Crippen molar-refractivity contribution in [1.29, 1.82) is 0 Å². The highest BCUT2D eigenvalue weighted by atomic mass is 16.5. The quantitative estimate of drug-likeness (QED) is 0.508. The zero-order valence-electron chi connectivity index (χ0n) is 9.05. The summed E-state index contributed by atoms with van der Waals surface area (Å²) in [6.45, 7) is 1.42. The van der Waals surface area contributed by atoms with Gasteiger partial charge in [-0.05, 0) is 19.4 Å². The number of esters is 1. The van der Waals surface area contributed by atoms with E-state index in [1.54, 1.807) is 0 Å². The second-order valence-corrected chi connectivity index (χ2v) is 4.03. The number of aliphatic imine (C=N–C) groups is 1. The molecule has 0 amide bonds. The van der Waals surface area contributed by atoms with Gasteiger partial charge in [0.25, 0.3) is 5.54 Å². The molecule has 1 N–H and O–H groups in total. The minimum atomic E-state index is -1.76. The van der Waals surface area contributed by atoms with Crippen LogP contribution in [0.4, 0.5) is 0 Å². The van der Waals surface area contributed by atoms with Crippen LogP contribution < -0.4 is 0 Å². The summed E-state index contributed by atoms with van der Waals surface area (Å²) in [6, 6.07) is -0.373. The Bertz CT molecular complexity index is 355. The first-order valence-corrected chi connectivity index (χ1v) is 5.22. The Morgan fingerprint density at radius 1 is 1.62 bits per heavy atom. The van der Waals surface area contributed by atoms with E-state index in [1.807, 2.05) is 4.90 Å². The molecule has 2 heterocycles. The van der Waals surface area contributed by atoms with Crippen molar-refractivity contribution < 1.29 is 19.4 Å². The number of methoxy groups -OCH3 is 1. The number of carbonyl (C=O) groups is 2. The van der Waals surface area contributed by atoms with Crippen molar-refractivity contribution in [3.63, 3.8) is 0 Å². The highest BCUT2D eigenvalue weighted by molar-refractivity contribution is 6.07. The third-order valence-corrected chi connectivity index (χ3v) is 3.28. The number of nitrogens with zero attached hydrogens (tertiary/aromatic N) is 2. The maximum absolute atomic E-state index is 11.7. The molecule has 0 bridgehead atoms. The minimum absolute atomic E-state index is 0.373. The molecule has 88 valence electrons. The number of ether oxygens (including phenoxy) is 1. The molecule has 2 rings (SSSR count). The van der Waals surface area contributed by atoms with E-state index in [0.29, 0.717) is 13.0 Å². The largest absolute Gasteiger partial charge is 0.479 e. The first-order valence-electron chi connectivity index (χ1n) is 5.22. The number of hydrogen-bond acceptors (Lipinski definition) is 5. The molecule has 16 heavy (non-hydrogen) atoms. The SMILES string of the molecule is COC(=O)C1(C(=O)O)N=CCN2CCCC21. The van der Waals surface area contributed by atoms with Crippen molar-refractivity contribution >= 4 is 18.2 Å². The van der Waals surface area contributed by atoms with Gasteiger partial charge in [-0.3, -0.25) is 9.89 Å². The Balaban J connectivity index is 2.44. The monoisotopic (exact) mass is 226 g/mol. The Hall–Kier alpha value is -1.43. The van der Waals surface area contributed by atoms with Crippen LogP contribution >= 0.6 is 0 Å². The summed E-state index contributed by atoms with van der Waals surface area (Å²) in [5.41, 5.74) is -1.76. The van der Waals surface area contributed by atoms with E-state index in [-0.39, 0.29) is 6.04 Å². The number of fused-ring (bicyclic) bond motifs is 1. The molecule has 0 aromatic rings. The highest BCUT2D eigenvalue weighted by Crippen LogP contribution is 2.33. The summed E-state index contributed by atoms with van der Waals surface area (Å²) in [6.07, 6.45) is 3.05. The van der Waals surface area contributed by atoms with E-state index in [1.165, 1.54) is 13.3 Å². The van der Waals surface area contributed by atoms with E-state index in [0.717, 1.165) is 13.0 Å². The minimum Gasteiger partial charge on any atom is -0.479 e. The van der Waals surface area contributed by atoms with Gasteiger partial charge in [-0.25, -0.2) is 9.59 Å². The Morgan fingerprint density at radius 2 is 2.38 bits per heavy atom.